The Morgan fingerprint density at radius 3 is 2.67 bits per heavy atom. The molecule has 154 valence electrons. The number of rotatable bonds is 8. The molecule has 1 aliphatic carbocycles. The van der Waals surface area contributed by atoms with Crippen molar-refractivity contribution in [2.75, 3.05) is 19.6 Å². The lowest BCUT2D eigenvalue weighted by atomic mass is 9.98. The quantitative estimate of drug-likeness (QED) is 0.659. The summed E-state index contributed by atoms with van der Waals surface area (Å²) in [5.41, 5.74) is 1.36. The van der Waals surface area contributed by atoms with E-state index in [1.54, 1.807) is 0 Å². The summed E-state index contributed by atoms with van der Waals surface area (Å²) in [6.45, 7) is 10.2. The van der Waals surface area contributed by atoms with E-state index in [-0.39, 0.29) is 30.7 Å². The van der Waals surface area contributed by atoms with Crippen LogP contribution in [0.15, 0.2) is 24.0 Å². The summed E-state index contributed by atoms with van der Waals surface area (Å²) in [7, 11) is 0. The molecule has 0 aromatic carbocycles. The van der Waals surface area contributed by atoms with Crippen molar-refractivity contribution in [3.05, 3.63) is 29.9 Å². The average Bonchev–Trinajstić information content (AvgIpc) is 3.18. The molecule has 0 bridgehead atoms. The molecule has 3 rings (SSSR count). The third kappa shape index (κ3) is 6.81. The van der Waals surface area contributed by atoms with Crippen LogP contribution < -0.4 is 5.32 Å². The van der Waals surface area contributed by atoms with E-state index in [0.29, 0.717) is 18.4 Å². The number of nitrogens with zero attached hydrogens (tertiary/aromatic N) is 3. The number of imidazole rings is 1. The minimum Gasteiger partial charge on any atom is -0.352 e. The van der Waals surface area contributed by atoms with Crippen LogP contribution in [0.1, 0.15) is 45.9 Å². The molecule has 2 fully saturated rings. The van der Waals surface area contributed by atoms with Gasteiger partial charge in [-0.3, -0.25) is 9.69 Å². The van der Waals surface area contributed by atoms with Gasteiger partial charge in [-0.2, -0.15) is 0 Å². The first-order valence-corrected chi connectivity index (χ1v) is 9.72. The lowest BCUT2D eigenvalue weighted by molar-refractivity contribution is -0.122. The molecule has 0 radical (unpaired) electrons. The molecular weight excluding hydrogens is 383 g/mol. The zero-order chi connectivity index (χ0) is 17.8. The summed E-state index contributed by atoms with van der Waals surface area (Å²) in [6, 6.07) is 0.319. The Balaban J connectivity index is 0.00000182. The third-order valence-electron chi connectivity index (χ3n) is 5.47. The predicted molar refractivity (Wildman–Crippen MR) is 115 cm³/mol. The van der Waals surface area contributed by atoms with Crippen LogP contribution in [0, 0.1) is 11.8 Å². The third-order valence-corrected chi connectivity index (χ3v) is 5.47. The molecule has 7 heteroatoms. The Kier molecular flexibility index (Phi) is 9.85. The normalized spacial score (nSPS) is 21.9. The van der Waals surface area contributed by atoms with E-state index in [2.05, 4.69) is 46.6 Å². The van der Waals surface area contributed by atoms with Gasteiger partial charge in [0.05, 0.1) is 0 Å². The van der Waals surface area contributed by atoms with Crippen molar-refractivity contribution >= 4 is 30.7 Å². The number of carbonyl (C=O) groups excluding carboxylic acids is 1. The highest BCUT2D eigenvalue weighted by Crippen LogP contribution is 2.41. The van der Waals surface area contributed by atoms with Crippen LogP contribution in [-0.2, 0) is 17.8 Å². The van der Waals surface area contributed by atoms with Gasteiger partial charge in [-0.1, -0.05) is 18.6 Å². The number of likely N-dealkylation sites (tertiary alicyclic amines) is 1. The Hall–Kier alpha value is -1.04. The van der Waals surface area contributed by atoms with Crippen molar-refractivity contribution < 1.29 is 4.79 Å². The Morgan fingerprint density at radius 1 is 1.30 bits per heavy atom. The Bertz CT molecular complexity index is 623. The number of amides is 1. The number of hydrogen-bond acceptors (Lipinski definition) is 3. The smallest absolute Gasteiger partial charge is 0.222 e. The van der Waals surface area contributed by atoms with E-state index in [0.717, 1.165) is 44.3 Å². The highest BCUT2D eigenvalue weighted by molar-refractivity contribution is 5.85. The minimum absolute atomic E-state index is 0. The highest BCUT2D eigenvalue weighted by Gasteiger charge is 2.42. The van der Waals surface area contributed by atoms with Crippen molar-refractivity contribution in [3.63, 3.8) is 0 Å². The minimum atomic E-state index is 0. The lowest BCUT2D eigenvalue weighted by Gasteiger charge is -2.19. The maximum absolute atomic E-state index is 12.5. The highest BCUT2D eigenvalue weighted by atomic mass is 35.5. The monoisotopic (exact) mass is 416 g/mol. The fourth-order valence-electron chi connectivity index (χ4n) is 3.89. The Labute approximate surface area is 175 Å². The number of allylic oxidation sites excluding steroid dienone is 1. The van der Waals surface area contributed by atoms with Gasteiger partial charge in [-0.25, -0.2) is 4.98 Å². The summed E-state index contributed by atoms with van der Waals surface area (Å²) < 4.78 is 2.09. The molecule has 1 aromatic rings. The number of aromatic nitrogens is 2. The second kappa shape index (κ2) is 11.1. The maximum Gasteiger partial charge on any atom is 0.222 e. The maximum atomic E-state index is 12.5. The molecule has 5 nitrogen and oxygen atoms in total. The molecule has 1 N–H and O–H groups in total. The van der Waals surface area contributed by atoms with E-state index in [4.69, 9.17) is 0 Å². The first-order valence-electron chi connectivity index (χ1n) is 9.72. The summed E-state index contributed by atoms with van der Waals surface area (Å²) in [6.07, 6.45) is 10.2. The molecule has 0 spiro atoms. The molecule has 2 atom stereocenters. The van der Waals surface area contributed by atoms with E-state index in [9.17, 15) is 4.79 Å². The molecule has 1 amide bonds. The van der Waals surface area contributed by atoms with Gasteiger partial charge in [0.25, 0.3) is 0 Å². The van der Waals surface area contributed by atoms with E-state index in [1.807, 2.05) is 12.4 Å². The number of halogens is 2. The fraction of sp³-hybridized carbons (Fsp3) is 0.700. The summed E-state index contributed by atoms with van der Waals surface area (Å²) in [5, 5.41) is 3.33. The summed E-state index contributed by atoms with van der Waals surface area (Å²) in [4.78, 5) is 19.3. The lowest BCUT2D eigenvalue weighted by Crippen LogP contribution is -2.41. The topological polar surface area (TPSA) is 50.2 Å². The van der Waals surface area contributed by atoms with E-state index < -0.39 is 0 Å². The van der Waals surface area contributed by atoms with Crippen LogP contribution in [0.5, 0.6) is 0 Å². The number of carbonyl (C=O) groups is 1. The molecular formula is C20H34Cl2N4O. The van der Waals surface area contributed by atoms with Gasteiger partial charge in [-0.05, 0) is 38.5 Å². The van der Waals surface area contributed by atoms with Crippen molar-refractivity contribution in [2.45, 2.75) is 59.0 Å². The second-order valence-electron chi connectivity index (χ2n) is 7.82. The first-order chi connectivity index (χ1) is 12.1. The largest absolute Gasteiger partial charge is 0.352 e. The standard InChI is InChI=1S/C20H32N4O.2ClH/c1-4-19-21-9-12-24(19)11-8-20(25)22-18-14-23(10-7-15(2)3)13-17(18)16-5-6-16;;/h7,9,12,16-18H,4-6,8,10-11,13-14H2,1-3H3,(H,22,25);2*1H/t17-,18+;;/m1../s1. The van der Waals surface area contributed by atoms with Crippen molar-refractivity contribution in [1.82, 2.24) is 19.8 Å². The SMILES string of the molecule is CCc1nccn1CCC(=O)N[C@H]1CN(CC=C(C)C)C[C@@H]1C1CC1.Cl.Cl. The van der Waals surface area contributed by atoms with Crippen molar-refractivity contribution in [3.8, 4) is 0 Å². The molecule has 1 saturated carbocycles. The van der Waals surface area contributed by atoms with Gasteiger partial charge in [0.2, 0.25) is 5.91 Å². The number of nitrogens with one attached hydrogen (secondary N) is 1. The van der Waals surface area contributed by atoms with Gasteiger partial charge < -0.3 is 9.88 Å². The summed E-state index contributed by atoms with van der Waals surface area (Å²) >= 11 is 0. The molecule has 2 heterocycles. The van der Waals surface area contributed by atoms with Crippen LogP contribution in [0.25, 0.3) is 0 Å². The molecule has 2 aliphatic rings. The van der Waals surface area contributed by atoms with Gasteiger partial charge in [0.15, 0.2) is 0 Å². The van der Waals surface area contributed by atoms with Crippen LogP contribution in [0.2, 0.25) is 0 Å². The van der Waals surface area contributed by atoms with Crippen molar-refractivity contribution in [1.29, 1.82) is 0 Å². The predicted octanol–water partition coefficient (Wildman–Crippen LogP) is 3.47. The number of hydrogen-bond donors (Lipinski definition) is 1. The van der Waals surface area contributed by atoms with Gasteiger partial charge in [-0.15, -0.1) is 24.8 Å². The van der Waals surface area contributed by atoms with Crippen LogP contribution >= 0.6 is 24.8 Å². The zero-order valence-corrected chi connectivity index (χ0v) is 18.3. The van der Waals surface area contributed by atoms with Crippen LogP contribution in [0.3, 0.4) is 0 Å². The molecule has 1 saturated heterocycles. The first kappa shape index (κ1) is 24.0. The van der Waals surface area contributed by atoms with E-state index >= 15 is 0 Å². The average molecular weight is 417 g/mol. The summed E-state index contributed by atoms with van der Waals surface area (Å²) in [5.74, 6) is 2.68. The fourth-order valence-corrected chi connectivity index (χ4v) is 3.89. The molecule has 1 aliphatic heterocycles. The van der Waals surface area contributed by atoms with E-state index in [1.165, 1.54) is 18.4 Å². The second-order valence-corrected chi connectivity index (χ2v) is 7.82. The molecule has 27 heavy (non-hydrogen) atoms. The Morgan fingerprint density at radius 2 is 2.04 bits per heavy atom. The van der Waals surface area contributed by atoms with Crippen LogP contribution in [-0.4, -0.2) is 46.0 Å². The molecule has 1 aromatic heterocycles. The molecule has 0 unspecified atom stereocenters. The van der Waals surface area contributed by atoms with Gasteiger partial charge >= 0.3 is 0 Å². The number of aryl methyl sites for hydroxylation is 2. The van der Waals surface area contributed by atoms with Gasteiger partial charge in [0.1, 0.15) is 5.82 Å². The van der Waals surface area contributed by atoms with Crippen LogP contribution in [0.4, 0.5) is 0 Å². The zero-order valence-electron chi connectivity index (χ0n) is 16.7. The van der Waals surface area contributed by atoms with Gasteiger partial charge in [0, 0.05) is 57.5 Å². The van der Waals surface area contributed by atoms with Crippen molar-refractivity contribution in [2.24, 2.45) is 11.8 Å².